The molecule has 1 fully saturated rings. The van der Waals surface area contributed by atoms with Crippen LogP contribution >= 0.6 is 11.3 Å². The van der Waals surface area contributed by atoms with Crippen molar-refractivity contribution in [3.8, 4) is 0 Å². The third-order valence-electron chi connectivity index (χ3n) is 3.69. The molecule has 0 bridgehead atoms. The Morgan fingerprint density at radius 3 is 3.00 bits per heavy atom. The van der Waals surface area contributed by atoms with Crippen molar-refractivity contribution in [2.24, 2.45) is 0 Å². The van der Waals surface area contributed by atoms with Gasteiger partial charge in [0.05, 0.1) is 0 Å². The second kappa shape index (κ2) is 7.93. The molecule has 102 valence electrons. The first-order valence-electron chi connectivity index (χ1n) is 7.36. The number of hydrogen-bond donors (Lipinski definition) is 1. The lowest BCUT2D eigenvalue weighted by Crippen LogP contribution is -2.44. The van der Waals surface area contributed by atoms with Crippen LogP contribution in [0.1, 0.15) is 37.5 Å². The van der Waals surface area contributed by atoms with Gasteiger partial charge in [0, 0.05) is 24.0 Å². The average Bonchev–Trinajstić information content (AvgIpc) is 2.91. The Balaban J connectivity index is 1.75. The predicted molar refractivity (Wildman–Crippen MR) is 80.4 cm³/mol. The molecule has 1 atom stereocenters. The number of nitrogens with one attached hydrogen (secondary N) is 1. The Morgan fingerprint density at radius 1 is 1.39 bits per heavy atom. The molecule has 1 aliphatic heterocycles. The van der Waals surface area contributed by atoms with Crippen LogP contribution in [0, 0.1) is 0 Å². The molecule has 1 aromatic heterocycles. The Kier molecular flexibility index (Phi) is 6.18. The standard InChI is InChI=1S/C15H26N2S/c1-2-10-17(11-8-15-7-5-12-18-15)13-14-6-3-4-9-16-14/h5,7,12,14,16H,2-4,6,8-11,13H2,1H3. The van der Waals surface area contributed by atoms with Crippen molar-refractivity contribution in [1.82, 2.24) is 10.2 Å². The van der Waals surface area contributed by atoms with Gasteiger partial charge in [-0.15, -0.1) is 11.3 Å². The summed E-state index contributed by atoms with van der Waals surface area (Å²) in [5.74, 6) is 0. The first-order valence-corrected chi connectivity index (χ1v) is 8.24. The maximum atomic E-state index is 3.66. The van der Waals surface area contributed by atoms with Gasteiger partial charge < -0.3 is 10.2 Å². The molecule has 0 aromatic carbocycles. The van der Waals surface area contributed by atoms with E-state index >= 15 is 0 Å². The van der Waals surface area contributed by atoms with Crippen molar-refractivity contribution in [3.05, 3.63) is 22.4 Å². The van der Waals surface area contributed by atoms with Gasteiger partial charge in [-0.2, -0.15) is 0 Å². The first kappa shape index (κ1) is 14.0. The molecule has 3 heteroatoms. The van der Waals surface area contributed by atoms with E-state index in [1.54, 1.807) is 0 Å². The Morgan fingerprint density at radius 2 is 2.33 bits per heavy atom. The minimum atomic E-state index is 0.730. The molecule has 2 rings (SSSR count). The third kappa shape index (κ3) is 4.71. The predicted octanol–water partition coefficient (Wildman–Crippen LogP) is 3.14. The van der Waals surface area contributed by atoms with Crippen molar-refractivity contribution in [2.75, 3.05) is 26.2 Å². The molecule has 1 N–H and O–H groups in total. The van der Waals surface area contributed by atoms with Gasteiger partial charge in [0.2, 0.25) is 0 Å². The molecular weight excluding hydrogens is 240 g/mol. The summed E-state index contributed by atoms with van der Waals surface area (Å²) < 4.78 is 0. The zero-order valence-corrected chi connectivity index (χ0v) is 12.3. The van der Waals surface area contributed by atoms with E-state index in [0.29, 0.717) is 0 Å². The zero-order chi connectivity index (χ0) is 12.6. The highest BCUT2D eigenvalue weighted by atomic mass is 32.1. The lowest BCUT2D eigenvalue weighted by molar-refractivity contribution is 0.226. The molecule has 2 heterocycles. The summed E-state index contributed by atoms with van der Waals surface area (Å²) >= 11 is 1.89. The quantitative estimate of drug-likeness (QED) is 0.815. The van der Waals surface area contributed by atoms with Crippen molar-refractivity contribution >= 4 is 11.3 Å². The summed E-state index contributed by atoms with van der Waals surface area (Å²) in [6, 6.07) is 5.15. The molecule has 0 aliphatic carbocycles. The van der Waals surface area contributed by atoms with E-state index in [2.05, 4.69) is 34.7 Å². The van der Waals surface area contributed by atoms with Gasteiger partial charge in [-0.1, -0.05) is 19.4 Å². The highest BCUT2D eigenvalue weighted by Gasteiger charge is 2.16. The first-order chi connectivity index (χ1) is 8.88. The minimum absolute atomic E-state index is 0.730. The van der Waals surface area contributed by atoms with Crippen LogP contribution in [0.25, 0.3) is 0 Å². The van der Waals surface area contributed by atoms with Gasteiger partial charge in [0.1, 0.15) is 0 Å². The molecule has 1 aromatic rings. The molecule has 0 amide bonds. The van der Waals surface area contributed by atoms with E-state index in [0.717, 1.165) is 6.04 Å². The van der Waals surface area contributed by atoms with E-state index in [1.165, 1.54) is 63.2 Å². The summed E-state index contributed by atoms with van der Waals surface area (Å²) in [5.41, 5.74) is 0. The topological polar surface area (TPSA) is 15.3 Å². The summed E-state index contributed by atoms with van der Waals surface area (Å²) in [4.78, 5) is 4.16. The van der Waals surface area contributed by atoms with Crippen LogP contribution in [0.2, 0.25) is 0 Å². The number of piperidine rings is 1. The second-order valence-corrected chi connectivity index (χ2v) is 6.31. The third-order valence-corrected chi connectivity index (χ3v) is 4.62. The van der Waals surface area contributed by atoms with E-state index in [9.17, 15) is 0 Å². The van der Waals surface area contributed by atoms with Crippen molar-refractivity contribution < 1.29 is 0 Å². The van der Waals surface area contributed by atoms with Crippen molar-refractivity contribution in [2.45, 2.75) is 45.1 Å². The van der Waals surface area contributed by atoms with Gasteiger partial charge in [-0.3, -0.25) is 0 Å². The molecule has 1 unspecified atom stereocenters. The van der Waals surface area contributed by atoms with E-state index < -0.39 is 0 Å². The highest BCUT2D eigenvalue weighted by molar-refractivity contribution is 7.09. The lowest BCUT2D eigenvalue weighted by Gasteiger charge is -2.30. The fourth-order valence-corrected chi connectivity index (χ4v) is 3.42. The van der Waals surface area contributed by atoms with Crippen LogP contribution in [0.4, 0.5) is 0 Å². The van der Waals surface area contributed by atoms with Crippen LogP contribution in [-0.4, -0.2) is 37.1 Å². The van der Waals surface area contributed by atoms with E-state index in [4.69, 9.17) is 0 Å². The summed E-state index contributed by atoms with van der Waals surface area (Å²) in [6.45, 7) is 7.19. The molecule has 0 radical (unpaired) electrons. The Labute approximate surface area is 115 Å². The van der Waals surface area contributed by atoms with Crippen molar-refractivity contribution in [1.29, 1.82) is 0 Å². The fourth-order valence-electron chi connectivity index (χ4n) is 2.73. The number of rotatable bonds is 7. The van der Waals surface area contributed by atoms with Crippen LogP contribution < -0.4 is 5.32 Å². The molecule has 18 heavy (non-hydrogen) atoms. The molecule has 0 spiro atoms. The van der Waals surface area contributed by atoms with Crippen molar-refractivity contribution in [3.63, 3.8) is 0 Å². The normalized spacial score (nSPS) is 20.4. The van der Waals surface area contributed by atoms with Crippen LogP contribution in [0.3, 0.4) is 0 Å². The van der Waals surface area contributed by atoms with Gasteiger partial charge in [-0.05, 0) is 50.2 Å². The smallest absolute Gasteiger partial charge is 0.0195 e. The summed E-state index contributed by atoms with van der Waals surface area (Å²) in [5, 5.41) is 5.84. The minimum Gasteiger partial charge on any atom is -0.313 e. The fraction of sp³-hybridized carbons (Fsp3) is 0.733. The van der Waals surface area contributed by atoms with Gasteiger partial charge >= 0.3 is 0 Å². The lowest BCUT2D eigenvalue weighted by atomic mass is 10.0. The Hall–Kier alpha value is -0.380. The molecule has 1 aliphatic rings. The van der Waals surface area contributed by atoms with Crippen LogP contribution in [-0.2, 0) is 6.42 Å². The molecular formula is C15H26N2S. The number of thiophene rings is 1. The van der Waals surface area contributed by atoms with Crippen LogP contribution in [0.5, 0.6) is 0 Å². The second-order valence-electron chi connectivity index (χ2n) is 5.28. The van der Waals surface area contributed by atoms with E-state index in [-0.39, 0.29) is 0 Å². The largest absolute Gasteiger partial charge is 0.313 e. The SMILES string of the molecule is CCCN(CCc1cccs1)CC1CCCCN1. The Bertz CT molecular complexity index is 304. The van der Waals surface area contributed by atoms with Crippen LogP contribution in [0.15, 0.2) is 17.5 Å². The average molecular weight is 266 g/mol. The summed E-state index contributed by atoms with van der Waals surface area (Å²) in [7, 11) is 0. The molecule has 1 saturated heterocycles. The monoisotopic (exact) mass is 266 g/mol. The maximum Gasteiger partial charge on any atom is 0.0195 e. The molecule has 2 nitrogen and oxygen atoms in total. The van der Waals surface area contributed by atoms with Gasteiger partial charge in [-0.25, -0.2) is 0 Å². The van der Waals surface area contributed by atoms with E-state index in [1.807, 2.05) is 11.3 Å². The highest BCUT2D eigenvalue weighted by Crippen LogP contribution is 2.12. The molecule has 0 saturated carbocycles. The zero-order valence-electron chi connectivity index (χ0n) is 11.5. The summed E-state index contributed by atoms with van der Waals surface area (Å²) in [6.07, 6.45) is 6.60. The van der Waals surface area contributed by atoms with Gasteiger partial charge in [0.25, 0.3) is 0 Å². The number of hydrogen-bond acceptors (Lipinski definition) is 3. The maximum absolute atomic E-state index is 3.66. The van der Waals surface area contributed by atoms with Gasteiger partial charge in [0.15, 0.2) is 0 Å². The number of nitrogens with zero attached hydrogens (tertiary/aromatic N) is 1.